The average Bonchev–Trinajstić information content (AvgIpc) is 2.59. The first kappa shape index (κ1) is 17.7. The second-order valence-electron chi connectivity index (χ2n) is 5.90. The Labute approximate surface area is 141 Å². The minimum absolute atomic E-state index is 0.143. The van der Waals surface area contributed by atoms with Gasteiger partial charge in [0.2, 0.25) is 11.8 Å². The Kier molecular flexibility index (Phi) is 6.09. The van der Waals surface area contributed by atoms with E-state index in [0.29, 0.717) is 12.0 Å². The summed E-state index contributed by atoms with van der Waals surface area (Å²) in [6.45, 7) is 1.57. The summed E-state index contributed by atoms with van der Waals surface area (Å²) in [6.07, 6.45) is 0.736. The van der Waals surface area contributed by atoms with Crippen molar-refractivity contribution in [3.63, 3.8) is 0 Å². The number of amides is 2. The molecular weight excluding hydrogens is 304 g/mol. The lowest BCUT2D eigenvalue weighted by Gasteiger charge is -2.23. The van der Waals surface area contributed by atoms with Crippen LogP contribution in [-0.4, -0.2) is 16.9 Å². The second kappa shape index (κ2) is 8.26. The van der Waals surface area contributed by atoms with Crippen molar-refractivity contribution < 1.29 is 14.7 Å². The number of hydrogen-bond acceptors (Lipinski definition) is 3. The molecule has 0 saturated carbocycles. The van der Waals surface area contributed by atoms with Crippen molar-refractivity contribution >= 4 is 11.8 Å². The van der Waals surface area contributed by atoms with Crippen molar-refractivity contribution in [2.75, 3.05) is 0 Å². The van der Waals surface area contributed by atoms with E-state index in [4.69, 9.17) is 0 Å². The van der Waals surface area contributed by atoms with Gasteiger partial charge < -0.3 is 5.11 Å². The van der Waals surface area contributed by atoms with E-state index < -0.39 is 11.5 Å². The molecule has 1 unspecified atom stereocenters. The normalized spacial score (nSPS) is 12.9. The number of aryl methyl sites for hydroxylation is 1. The Hall–Kier alpha value is -2.66. The molecule has 2 amide bonds. The van der Waals surface area contributed by atoms with Gasteiger partial charge in [0.05, 0.1) is 12.0 Å². The van der Waals surface area contributed by atoms with Crippen molar-refractivity contribution in [1.82, 2.24) is 10.9 Å². The van der Waals surface area contributed by atoms with Crippen LogP contribution in [0.1, 0.15) is 30.9 Å². The van der Waals surface area contributed by atoms with Gasteiger partial charge in [0.15, 0.2) is 0 Å². The smallest absolute Gasteiger partial charge is 0.241 e. The Balaban J connectivity index is 1.75. The van der Waals surface area contributed by atoms with Crippen LogP contribution in [0.4, 0.5) is 0 Å². The molecule has 0 aliphatic carbocycles. The van der Waals surface area contributed by atoms with Crippen LogP contribution >= 0.6 is 0 Å². The molecule has 2 rings (SSSR count). The van der Waals surface area contributed by atoms with Crippen LogP contribution in [0.5, 0.6) is 0 Å². The predicted octanol–water partition coefficient (Wildman–Crippen LogP) is 2.06. The van der Waals surface area contributed by atoms with Crippen LogP contribution in [0.15, 0.2) is 60.7 Å². The summed E-state index contributed by atoms with van der Waals surface area (Å²) in [6, 6.07) is 18.6. The zero-order chi connectivity index (χ0) is 17.4. The van der Waals surface area contributed by atoms with E-state index in [9.17, 15) is 14.7 Å². The number of hydrazine groups is 1. The predicted molar refractivity (Wildman–Crippen MR) is 91.7 cm³/mol. The molecule has 0 radical (unpaired) electrons. The van der Waals surface area contributed by atoms with Gasteiger partial charge in [0.1, 0.15) is 0 Å². The van der Waals surface area contributed by atoms with Crippen molar-refractivity contribution in [3.05, 3.63) is 71.8 Å². The van der Waals surface area contributed by atoms with E-state index in [2.05, 4.69) is 10.9 Å². The number of rotatable bonds is 6. The molecule has 0 spiro atoms. The Morgan fingerprint density at radius 2 is 1.46 bits per heavy atom. The summed E-state index contributed by atoms with van der Waals surface area (Å²) < 4.78 is 0. The second-order valence-corrected chi connectivity index (χ2v) is 5.90. The van der Waals surface area contributed by atoms with Gasteiger partial charge in [-0.05, 0) is 24.5 Å². The van der Waals surface area contributed by atoms with Gasteiger partial charge in [-0.2, -0.15) is 0 Å². The number of carbonyl (C=O) groups excluding carboxylic acids is 2. The maximum atomic E-state index is 11.9. The highest BCUT2D eigenvalue weighted by Crippen LogP contribution is 2.23. The fourth-order valence-electron chi connectivity index (χ4n) is 2.36. The Bertz CT molecular complexity index is 670. The van der Waals surface area contributed by atoms with E-state index in [-0.39, 0.29) is 18.7 Å². The molecule has 0 aromatic heterocycles. The van der Waals surface area contributed by atoms with Gasteiger partial charge in [-0.25, -0.2) is 0 Å². The highest BCUT2D eigenvalue weighted by Gasteiger charge is 2.26. The van der Waals surface area contributed by atoms with Crippen LogP contribution < -0.4 is 10.9 Å². The van der Waals surface area contributed by atoms with E-state index in [1.54, 1.807) is 31.2 Å². The van der Waals surface area contributed by atoms with Crippen molar-refractivity contribution in [1.29, 1.82) is 0 Å². The largest absolute Gasteiger partial charge is 0.385 e. The van der Waals surface area contributed by atoms with Crippen LogP contribution in [-0.2, 0) is 21.6 Å². The monoisotopic (exact) mass is 326 g/mol. The lowest BCUT2D eigenvalue weighted by Crippen LogP contribution is -2.44. The molecule has 0 aliphatic rings. The van der Waals surface area contributed by atoms with Crippen molar-refractivity contribution in [2.45, 2.75) is 31.8 Å². The number of benzene rings is 2. The zero-order valence-corrected chi connectivity index (χ0v) is 13.7. The van der Waals surface area contributed by atoms with Gasteiger partial charge in [0, 0.05) is 6.42 Å². The molecule has 3 N–H and O–H groups in total. The van der Waals surface area contributed by atoms with Crippen molar-refractivity contribution in [2.24, 2.45) is 0 Å². The molecule has 5 heteroatoms. The topological polar surface area (TPSA) is 78.4 Å². The minimum atomic E-state index is -1.29. The molecular formula is C19H22N2O3. The lowest BCUT2D eigenvalue weighted by atomic mass is 9.92. The summed E-state index contributed by atoms with van der Waals surface area (Å²) in [5.41, 5.74) is 5.14. The summed E-state index contributed by atoms with van der Waals surface area (Å²) >= 11 is 0. The van der Waals surface area contributed by atoms with Gasteiger partial charge in [-0.3, -0.25) is 20.4 Å². The first-order chi connectivity index (χ1) is 11.5. The number of hydrogen-bond donors (Lipinski definition) is 3. The number of nitrogens with one attached hydrogen (secondary N) is 2. The molecule has 126 valence electrons. The summed E-state index contributed by atoms with van der Waals surface area (Å²) in [5.74, 6) is -0.719. The van der Waals surface area contributed by atoms with Crippen LogP contribution in [0.25, 0.3) is 0 Å². The van der Waals surface area contributed by atoms with Crippen LogP contribution in [0, 0.1) is 0 Å². The molecule has 1 atom stereocenters. The first-order valence-corrected chi connectivity index (χ1v) is 7.87. The highest BCUT2D eigenvalue weighted by molar-refractivity contribution is 5.82. The molecule has 0 bridgehead atoms. The summed E-state index contributed by atoms with van der Waals surface area (Å²) in [4.78, 5) is 23.7. The van der Waals surface area contributed by atoms with Gasteiger partial charge >= 0.3 is 0 Å². The zero-order valence-electron chi connectivity index (χ0n) is 13.7. The number of aliphatic hydroxyl groups is 1. The molecule has 0 fully saturated rings. The quantitative estimate of drug-likeness (QED) is 0.711. The van der Waals surface area contributed by atoms with E-state index in [1.807, 2.05) is 36.4 Å². The fraction of sp³-hybridized carbons (Fsp3) is 0.263. The minimum Gasteiger partial charge on any atom is -0.385 e. The molecule has 5 nitrogen and oxygen atoms in total. The first-order valence-electron chi connectivity index (χ1n) is 7.87. The molecule has 24 heavy (non-hydrogen) atoms. The molecule has 0 aliphatic heterocycles. The number of carbonyl (C=O) groups is 2. The fourth-order valence-corrected chi connectivity index (χ4v) is 2.36. The third kappa shape index (κ3) is 5.52. The standard InChI is InChI=1S/C19H22N2O3/c1-19(24,16-10-6-3-7-11-16)14-18(23)21-20-17(22)13-12-15-8-4-2-5-9-15/h2-11,24H,12-14H2,1H3,(H,20,22)(H,21,23). The SMILES string of the molecule is CC(O)(CC(=O)NNC(=O)CCc1ccccc1)c1ccccc1. The lowest BCUT2D eigenvalue weighted by molar-refractivity contribution is -0.131. The summed E-state index contributed by atoms with van der Waals surface area (Å²) in [5, 5.41) is 10.4. The molecule has 0 saturated heterocycles. The maximum absolute atomic E-state index is 11.9. The van der Waals surface area contributed by atoms with Crippen LogP contribution in [0.2, 0.25) is 0 Å². The van der Waals surface area contributed by atoms with Gasteiger partial charge in [-0.15, -0.1) is 0 Å². The summed E-state index contributed by atoms with van der Waals surface area (Å²) in [7, 11) is 0. The third-order valence-corrected chi connectivity index (χ3v) is 3.73. The molecule has 2 aromatic carbocycles. The molecule has 2 aromatic rings. The van der Waals surface area contributed by atoms with E-state index >= 15 is 0 Å². The maximum Gasteiger partial charge on any atom is 0.241 e. The average molecular weight is 326 g/mol. The molecule has 0 heterocycles. The van der Waals surface area contributed by atoms with Gasteiger partial charge in [0.25, 0.3) is 0 Å². The highest BCUT2D eigenvalue weighted by atomic mass is 16.3. The van der Waals surface area contributed by atoms with Crippen molar-refractivity contribution in [3.8, 4) is 0 Å². The Morgan fingerprint density at radius 3 is 2.08 bits per heavy atom. The van der Waals surface area contributed by atoms with E-state index in [0.717, 1.165) is 5.56 Å². The Morgan fingerprint density at radius 1 is 0.917 bits per heavy atom. The third-order valence-electron chi connectivity index (χ3n) is 3.73. The van der Waals surface area contributed by atoms with E-state index in [1.165, 1.54) is 0 Å². The van der Waals surface area contributed by atoms with Crippen LogP contribution in [0.3, 0.4) is 0 Å². The van der Waals surface area contributed by atoms with Gasteiger partial charge in [-0.1, -0.05) is 60.7 Å².